The zero-order chi connectivity index (χ0) is 16.4. The highest BCUT2D eigenvalue weighted by Crippen LogP contribution is 2.23. The predicted octanol–water partition coefficient (Wildman–Crippen LogP) is 1.76. The van der Waals surface area contributed by atoms with Crippen LogP contribution >= 0.6 is 0 Å². The largest absolute Gasteiger partial charge is 0.396 e. The molecule has 23 heavy (non-hydrogen) atoms. The van der Waals surface area contributed by atoms with Gasteiger partial charge in [0.25, 0.3) is 0 Å². The Morgan fingerprint density at radius 2 is 1.91 bits per heavy atom. The lowest BCUT2D eigenvalue weighted by atomic mass is 10.0. The zero-order valence-electron chi connectivity index (χ0n) is 13.8. The Bertz CT molecular complexity index is 693. The van der Waals surface area contributed by atoms with Crippen molar-refractivity contribution < 1.29 is 9.90 Å². The van der Waals surface area contributed by atoms with Crippen LogP contribution in [-0.4, -0.2) is 60.6 Å². The van der Waals surface area contributed by atoms with Crippen molar-refractivity contribution in [2.24, 2.45) is 5.92 Å². The number of carbonyl (C=O) groups excluding carboxylic acids is 1. The molecule has 1 aliphatic rings. The maximum Gasteiger partial charge on any atom is 0.227 e. The molecule has 1 N–H and O–H groups in total. The van der Waals surface area contributed by atoms with Gasteiger partial charge in [0.15, 0.2) is 0 Å². The number of fused-ring (bicyclic) bond motifs is 1. The minimum absolute atomic E-state index is 0.126. The van der Waals surface area contributed by atoms with Gasteiger partial charge >= 0.3 is 0 Å². The van der Waals surface area contributed by atoms with E-state index in [1.54, 1.807) is 0 Å². The Labute approximate surface area is 137 Å². The molecule has 1 saturated heterocycles. The molecule has 0 unspecified atom stereocenters. The van der Waals surface area contributed by atoms with Crippen molar-refractivity contribution in [1.82, 2.24) is 9.80 Å². The predicted molar refractivity (Wildman–Crippen MR) is 92.3 cm³/mol. The normalized spacial score (nSPS) is 21.3. The van der Waals surface area contributed by atoms with Gasteiger partial charge in [-0.05, 0) is 30.4 Å². The quantitative estimate of drug-likeness (QED) is 0.935. The molecule has 2 atom stereocenters. The molecule has 4 heteroatoms. The van der Waals surface area contributed by atoms with Crippen LogP contribution in [0.2, 0.25) is 0 Å². The fourth-order valence-corrected chi connectivity index (χ4v) is 3.54. The van der Waals surface area contributed by atoms with Crippen LogP contribution in [0.5, 0.6) is 0 Å². The lowest BCUT2D eigenvalue weighted by molar-refractivity contribution is -0.129. The van der Waals surface area contributed by atoms with Crippen LogP contribution in [0.4, 0.5) is 0 Å². The Kier molecular flexibility index (Phi) is 4.64. The lowest BCUT2D eigenvalue weighted by Gasteiger charge is -2.23. The molecule has 1 heterocycles. The topological polar surface area (TPSA) is 43.8 Å². The van der Waals surface area contributed by atoms with Crippen molar-refractivity contribution in [2.45, 2.75) is 12.5 Å². The molecule has 122 valence electrons. The Morgan fingerprint density at radius 3 is 2.61 bits per heavy atom. The number of rotatable bonds is 4. The monoisotopic (exact) mass is 312 g/mol. The van der Waals surface area contributed by atoms with Gasteiger partial charge in [0.05, 0.1) is 6.42 Å². The third-order valence-corrected chi connectivity index (χ3v) is 4.88. The molecule has 1 fully saturated rings. The highest BCUT2D eigenvalue weighted by molar-refractivity contribution is 5.90. The fourth-order valence-electron chi connectivity index (χ4n) is 3.54. The van der Waals surface area contributed by atoms with Crippen LogP contribution in [0.1, 0.15) is 5.56 Å². The first-order valence-electron chi connectivity index (χ1n) is 8.12. The average Bonchev–Trinajstić information content (AvgIpc) is 3.00. The molecule has 0 radical (unpaired) electrons. The van der Waals surface area contributed by atoms with Crippen molar-refractivity contribution in [3.05, 3.63) is 48.0 Å². The summed E-state index contributed by atoms with van der Waals surface area (Å²) in [5.41, 5.74) is 1.07. The summed E-state index contributed by atoms with van der Waals surface area (Å²) >= 11 is 0. The molecule has 1 aliphatic heterocycles. The SMILES string of the molecule is CN(C)[C@@H]1CN(C(=O)Cc2cccc3ccccc23)C[C@H]1CO. The van der Waals surface area contributed by atoms with Gasteiger partial charge in [-0.3, -0.25) is 4.79 Å². The Morgan fingerprint density at radius 1 is 1.17 bits per heavy atom. The molecule has 2 aromatic carbocycles. The molecular weight excluding hydrogens is 288 g/mol. The second-order valence-corrected chi connectivity index (χ2v) is 6.59. The minimum atomic E-state index is 0.126. The highest BCUT2D eigenvalue weighted by Gasteiger charge is 2.35. The number of carbonyl (C=O) groups is 1. The number of benzene rings is 2. The van der Waals surface area contributed by atoms with Crippen molar-refractivity contribution in [1.29, 1.82) is 0 Å². The second kappa shape index (κ2) is 6.69. The summed E-state index contributed by atoms with van der Waals surface area (Å²) in [5.74, 6) is 0.283. The standard InChI is InChI=1S/C19H24N2O2/c1-20(2)18-12-21(11-16(18)13-22)19(23)10-15-8-5-7-14-6-3-4-9-17(14)15/h3-9,16,18,22H,10-13H2,1-2H3/t16-,18+/m0/s1. The van der Waals surface area contributed by atoms with Gasteiger partial charge in [-0.15, -0.1) is 0 Å². The summed E-state index contributed by atoms with van der Waals surface area (Å²) in [6.45, 7) is 1.46. The van der Waals surface area contributed by atoms with Gasteiger partial charge < -0.3 is 14.9 Å². The van der Waals surface area contributed by atoms with Crippen LogP contribution < -0.4 is 0 Å². The number of aliphatic hydroxyl groups excluding tert-OH is 1. The van der Waals surface area contributed by atoms with E-state index in [0.29, 0.717) is 19.5 Å². The number of nitrogens with zero attached hydrogens (tertiary/aromatic N) is 2. The molecule has 0 aromatic heterocycles. The summed E-state index contributed by atoms with van der Waals surface area (Å²) < 4.78 is 0. The highest BCUT2D eigenvalue weighted by atomic mass is 16.3. The third kappa shape index (κ3) is 3.23. The molecule has 4 nitrogen and oxygen atoms in total. The van der Waals surface area contributed by atoms with E-state index in [4.69, 9.17) is 0 Å². The lowest BCUT2D eigenvalue weighted by Crippen LogP contribution is -2.37. The van der Waals surface area contributed by atoms with E-state index in [0.717, 1.165) is 10.9 Å². The molecule has 2 aromatic rings. The second-order valence-electron chi connectivity index (χ2n) is 6.59. The van der Waals surface area contributed by atoms with Crippen molar-refractivity contribution in [3.63, 3.8) is 0 Å². The Balaban J connectivity index is 1.77. The van der Waals surface area contributed by atoms with Gasteiger partial charge in [-0.2, -0.15) is 0 Å². The first-order chi connectivity index (χ1) is 11.1. The molecule has 0 spiro atoms. The van der Waals surface area contributed by atoms with Crippen molar-refractivity contribution in [2.75, 3.05) is 33.8 Å². The van der Waals surface area contributed by atoms with E-state index in [2.05, 4.69) is 23.1 Å². The number of amides is 1. The Hall–Kier alpha value is -1.91. The van der Waals surface area contributed by atoms with Crippen LogP contribution in [0.15, 0.2) is 42.5 Å². The molecule has 0 aliphatic carbocycles. The van der Waals surface area contributed by atoms with Gasteiger partial charge in [-0.1, -0.05) is 42.5 Å². The first kappa shape index (κ1) is 16.0. The minimum Gasteiger partial charge on any atom is -0.396 e. The maximum atomic E-state index is 12.7. The molecular formula is C19H24N2O2. The summed E-state index contributed by atoms with van der Waals surface area (Å²) in [5, 5.41) is 11.9. The van der Waals surface area contributed by atoms with Crippen LogP contribution in [-0.2, 0) is 11.2 Å². The number of hydrogen-bond donors (Lipinski definition) is 1. The number of likely N-dealkylation sites (tertiary alicyclic amines) is 1. The maximum absolute atomic E-state index is 12.7. The first-order valence-corrected chi connectivity index (χ1v) is 8.12. The smallest absolute Gasteiger partial charge is 0.227 e. The van der Waals surface area contributed by atoms with Crippen molar-refractivity contribution in [3.8, 4) is 0 Å². The van der Waals surface area contributed by atoms with Gasteiger partial charge in [0.2, 0.25) is 5.91 Å². The molecule has 0 bridgehead atoms. The van der Waals surface area contributed by atoms with Gasteiger partial charge in [-0.25, -0.2) is 0 Å². The van der Waals surface area contributed by atoms with Crippen LogP contribution in [0, 0.1) is 5.92 Å². The van der Waals surface area contributed by atoms with Crippen LogP contribution in [0.3, 0.4) is 0 Å². The number of likely N-dealkylation sites (N-methyl/N-ethyl adjacent to an activating group) is 1. The number of aliphatic hydroxyl groups is 1. The molecule has 3 rings (SSSR count). The molecule has 0 saturated carbocycles. The van der Waals surface area contributed by atoms with E-state index in [-0.39, 0.29) is 24.5 Å². The summed E-state index contributed by atoms with van der Waals surface area (Å²) in [6.07, 6.45) is 0.416. The third-order valence-electron chi connectivity index (χ3n) is 4.88. The summed E-state index contributed by atoms with van der Waals surface area (Å²) in [6, 6.07) is 14.5. The van der Waals surface area contributed by atoms with Gasteiger partial charge in [0.1, 0.15) is 0 Å². The van der Waals surface area contributed by atoms with Gasteiger partial charge in [0, 0.05) is 31.7 Å². The van der Waals surface area contributed by atoms with E-state index in [1.165, 1.54) is 5.39 Å². The van der Waals surface area contributed by atoms with E-state index in [1.807, 2.05) is 43.3 Å². The summed E-state index contributed by atoms with van der Waals surface area (Å²) in [7, 11) is 4.01. The van der Waals surface area contributed by atoms with E-state index in [9.17, 15) is 9.90 Å². The van der Waals surface area contributed by atoms with Crippen molar-refractivity contribution >= 4 is 16.7 Å². The van der Waals surface area contributed by atoms with Crippen LogP contribution in [0.25, 0.3) is 10.8 Å². The van der Waals surface area contributed by atoms with E-state index < -0.39 is 0 Å². The fraction of sp³-hybridized carbons (Fsp3) is 0.421. The zero-order valence-corrected chi connectivity index (χ0v) is 13.8. The average molecular weight is 312 g/mol. The number of hydrogen-bond acceptors (Lipinski definition) is 3. The molecule has 1 amide bonds. The summed E-state index contributed by atoms with van der Waals surface area (Å²) in [4.78, 5) is 16.7. The van der Waals surface area contributed by atoms with E-state index >= 15 is 0 Å².